The van der Waals surface area contributed by atoms with E-state index in [2.05, 4.69) is 4.90 Å². The second-order valence-electron chi connectivity index (χ2n) is 6.36. The van der Waals surface area contributed by atoms with Gasteiger partial charge < -0.3 is 14.7 Å². The first kappa shape index (κ1) is 15.8. The molecule has 124 valence electrons. The van der Waals surface area contributed by atoms with Crippen LogP contribution in [0.4, 0.5) is 4.79 Å². The van der Waals surface area contributed by atoms with Crippen LogP contribution in [0, 0.1) is 5.92 Å². The van der Waals surface area contributed by atoms with Crippen LogP contribution in [0.15, 0.2) is 30.3 Å². The van der Waals surface area contributed by atoms with Crippen LogP contribution in [-0.4, -0.2) is 59.2 Å². The Kier molecular flexibility index (Phi) is 4.26. The molecule has 3 atom stereocenters. The number of amides is 1. The Morgan fingerprint density at radius 1 is 1.35 bits per heavy atom. The normalized spacial score (nSPS) is 29.1. The Morgan fingerprint density at radius 3 is 2.78 bits per heavy atom. The number of carbonyl (C=O) groups is 2. The van der Waals surface area contributed by atoms with Crippen LogP contribution in [0.1, 0.15) is 18.4 Å². The number of likely N-dealkylation sites (N-methyl/N-ethyl adjacent to an activating group) is 1. The van der Waals surface area contributed by atoms with E-state index in [4.69, 9.17) is 4.74 Å². The molecule has 0 radical (unpaired) electrons. The van der Waals surface area contributed by atoms with E-state index in [0.717, 1.165) is 25.1 Å². The van der Waals surface area contributed by atoms with Crippen molar-refractivity contribution < 1.29 is 19.4 Å². The molecule has 3 unspecified atom stereocenters. The lowest BCUT2D eigenvalue weighted by atomic mass is 9.77. The Balaban J connectivity index is 1.72. The van der Waals surface area contributed by atoms with Gasteiger partial charge in [-0.3, -0.25) is 4.90 Å². The van der Waals surface area contributed by atoms with E-state index in [0.29, 0.717) is 13.0 Å². The average Bonchev–Trinajstić information content (AvgIpc) is 2.96. The highest BCUT2D eigenvalue weighted by molar-refractivity contribution is 5.85. The van der Waals surface area contributed by atoms with Crippen LogP contribution in [0.5, 0.6) is 0 Å². The lowest BCUT2D eigenvalue weighted by molar-refractivity contribution is -0.156. The molecule has 0 saturated carbocycles. The van der Waals surface area contributed by atoms with Crippen molar-refractivity contribution in [3.63, 3.8) is 0 Å². The van der Waals surface area contributed by atoms with E-state index in [1.807, 2.05) is 30.3 Å². The van der Waals surface area contributed by atoms with Crippen molar-refractivity contribution in [2.75, 3.05) is 26.7 Å². The van der Waals surface area contributed by atoms with E-state index in [1.54, 1.807) is 7.05 Å². The molecular weight excluding hydrogens is 296 g/mol. The highest BCUT2D eigenvalue weighted by atomic mass is 16.6. The lowest BCUT2D eigenvalue weighted by Crippen LogP contribution is -2.63. The molecule has 2 saturated heterocycles. The van der Waals surface area contributed by atoms with E-state index in [-0.39, 0.29) is 12.5 Å². The summed E-state index contributed by atoms with van der Waals surface area (Å²) in [5, 5.41) is 9.85. The highest BCUT2D eigenvalue weighted by Gasteiger charge is 2.56. The Labute approximate surface area is 135 Å². The summed E-state index contributed by atoms with van der Waals surface area (Å²) in [6.45, 7) is 2.50. The van der Waals surface area contributed by atoms with Crippen molar-refractivity contribution in [3.05, 3.63) is 35.9 Å². The quantitative estimate of drug-likeness (QED) is 0.917. The van der Waals surface area contributed by atoms with E-state index >= 15 is 0 Å². The summed E-state index contributed by atoms with van der Waals surface area (Å²) in [6, 6.07) is 9.38. The topological polar surface area (TPSA) is 70.1 Å². The minimum absolute atomic E-state index is 0.0389. The maximum atomic E-state index is 12.4. The second-order valence-corrected chi connectivity index (χ2v) is 6.36. The van der Waals surface area contributed by atoms with Crippen LogP contribution in [0.25, 0.3) is 0 Å². The van der Waals surface area contributed by atoms with Crippen molar-refractivity contribution >= 4 is 12.1 Å². The molecule has 3 rings (SSSR count). The molecule has 0 aliphatic carbocycles. The van der Waals surface area contributed by atoms with Gasteiger partial charge in [-0.1, -0.05) is 30.3 Å². The molecule has 2 aliphatic heterocycles. The minimum Gasteiger partial charge on any atom is -0.479 e. The number of fused-ring (bicyclic) bond motifs is 2. The summed E-state index contributed by atoms with van der Waals surface area (Å²) in [5.74, 6) is -0.966. The highest BCUT2D eigenvalue weighted by Crippen LogP contribution is 2.40. The van der Waals surface area contributed by atoms with E-state index in [1.165, 1.54) is 4.90 Å². The predicted molar refractivity (Wildman–Crippen MR) is 83.9 cm³/mol. The molecule has 6 heteroatoms. The Hall–Kier alpha value is -2.08. The summed E-state index contributed by atoms with van der Waals surface area (Å²) in [4.78, 5) is 28.0. The van der Waals surface area contributed by atoms with Crippen LogP contribution < -0.4 is 0 Å². The number of carboxylic acids is 1. The second kappa shape index (κ2) is 6.20. The van der Waals surface area contributed by atoms with Gasteiger partial charge >= 0.3 is 12.1 Å². The zero-order valence-electron chi connectivity index (χ0n) is 13.3. The van der Waals surface area contributed by atoms with Gasteiger partial charge in [-0.25, -0.2) is 9.59 Å². The fourth-order valence-electron chi connectivity index (χ4n) is 3.80. The van der Waals surface area contributed by atoms with Gasteiger partial charge in [0, 0.05) is 26.1 Å². The van der Waals surface area contributed by atoms with Gasteiger partial charge in [-0.15, -0.1) is 0 Å². The number of ether oxygens (including phenoxy) is 1. The van der Waals surface area contributed by atoms with Crippen LogP contribution in [0.3, 0.4) is 0 Å². The van der Waals surface area contributed by atoms with Crippen LogP contribution in [-0.2, 0) is 16.1 Å². The smallest absolute Gasteiger partial charge is 0.410 e. The maximum absolute atomic E-state index is 12.4. The predicted octanol–water partition coefficient (Wildman–Crippen LogP) is 1.80. The molecule has 1 N–H and O–H groups in total. The van der Waals surface area contributed by atoms with E-state index in [9.17, 15) is 14.7 Å². The third-order valence-corrected chi connectivity index (χ3v) is 5.20. The standard InChI is InChI=1S/C17H22N2O4/c1-18(16(22)23-12-13-5-3-2-4-6-13)17(15(20)21)8-10-19-9-7-14(17)11-19/h2-6,14H,7-12H2,1H3,(H,20,21). The zero-order chi connectivity index (χ0) is 16.4. The van der Waals surface area contributed by atoms with Gasteiger partial charge in [0.15, 0.2) is 0 Å². The zero-order valence-corrected chi connectivity index (χ0v) is 13.3. The van der Waals surface area contributed by atoms with Crippen molar-refractivity contribution in [2.45, 2.75) is 25.0 Å². The number of hydrogen-bond donors (Lipinski definition) is 1. The fourth-order valence-corrected chi connectivity index (χ4v) is 3.80. The monoisotopic (exact) mass is 318 g/mol. The van der Waals surface area contributed by atoms with Crippen molar-refractivity contribution in [3.8, 4) is 0 Å². The first-order valence-corrected chi connectivity index (χ1v) is 7.94. The van der Waals surface area contributed by atoms with Gasteiger partial charge in [-0.05, 0) is 24.9 Å². The van der Waals surface area contributed by atoms with Crippen molar-refractivity contribution in [1.82, 2.24) is 9.80 Å². The number of hydrogen-bond acceptors (Lipinski definition) is 4. The fraction of sp³-hybridized carbons (Fsp3) is 0.529. The van der Waals surface area contributed by atoms with Crippen molar-refractivity contribution in [1.29, 1.82) is 0 Å². The largest absolute Gasteiger partial charge is 0.479 e. The summed E-state index contributed by atoms with van der Waals surface area (Å²) in [6.07, 6.45) is 0.684. The van der Waals surface area contributed by atoms with Crippen molar-refractivity contribution in [2.24, 2.45) is 5.92 Å². The van der Waals surface area contributed by atoms with Gasteiger partial charge in [0.1, 0.15) is 12.1 Å². The van der Waals surface area contributed by atoms with E-state index < -0.39 is 17.6 Å². The Morgan fingerprint density at radius 2 is 2.09 bits per heavy atom. The molecule has 2 fully saturated rings. The third kappa shape index (κ3) is 2.79. The maximum Gasteiger partial charge on any atom is 0.410 e. The molecule has 1 amide bonds. The molecule has 1 aromatic rings. The minimum atomic E-state index is -1.15. The van der Waals surface area contributed by atoms with Gasteiger partial charge in [0.2, 0.25) is 0 Å². The molecule has 6 nitrogen and oxygen atoms in total. The van der Waals surface area contributed by atoms with Gasteiger partial charge in [0.25, 0.3) is 0 Å². The SMILES string of the molecule is CN(C(=O)OCc1ccccc1)C1(C(=O)O)CCN2CCC1C2. The average molecular weight is 318 g/mol. The molecule has 0 spiro atoms. The summed E-state index contributed by atoms with van der Waals surface area (Å²) in [5.41, 5.74) is -0.268. The van der Waals surface area contributed by atoms with Crippen LogP contribution in [0.2, 0.25) is 0 Å². The van der Waals surface area contributed by atoms with Gasteiger partial charge in [0.05, 0.1) is 0 Å². The molecule has 2 aliphatic rings. The number of carbonyl (C=O) groups excluding carboxylic acids is 1. The molecule has 2 heterocycles. The number of nitrogens with zero attached hydrogens (tertiary/aromatic N) is 2. The first-order valence-electron chi connectivity index (χ1n) is 7.94. The molecule has 2 bridgehead atoms. The summed E-state index contributed by atoms with van der Waals surface area (Å²) < 4.78 is 5.33. The Bertz CT molecular complexity index is 592. The first-order chi connectivity index (χ1) is 11.0. The number of aliphatic carboxylic acids is 1. The molecule has 0 aromatic heterocycles. The van der Waals surface area contributed by atoms with Gasteiger partial charge in [-0.2, -0.15) is 0 Å². The molecule has 23 heavy (non-hydrogen) atoms. The number of rotatable bonds is 4. The molecule has 1 aromatic carbocycles. The molecular formula is C17H22N2O4. The summed E-state index contributed by atoms with van der Waals surface area (Å²) in [7, 11) is 1.55. The number of carboxylic acid groups (broad SMARTS) is 1. The lowest BCUT2D eigenvalue weighted by Gasteiger charge is -2.44. The number of benzene rings is 1. The third-order valence-electron chi connectivity index (χ3n) is 5.20. The van der Waals surface area contributed by atoms with Crippen LogP contribution >= 0.6 is 0 Å². The number of piperidine rings is 1. The summed E-state index contributed by atoms with van der Waals surface area (Å²) >= 11 is 0.